The van der Waals surface area contributed by atoms with Crippen molar-refractivity contribution in [3.05, 3.63) is 12.2 Å². The van der Waals surface area contributed by atoms with Gasteiger partial charge in [-0.05, 0) is 44.2 Å². The topological polar surface area (TPSA) is 71.8 Å². The highest BCUT2D eigenvalue weighted by molar-refractivity contribution is 5.81. The van der Waals surface area contributed by atoms with Crippen LogP contribution in [0.5, 0.6) is 0 Å². The SMILES string of the molecule is CC(C)c1nncn1CCNC(=O)[C@@H]1C[C@H]1C1CCNCC1. The van der Waals surface area contributed by atoms with Crippen LogP contribution in [0.1, 0.15) is 44.9 Å². The number of carbonyl (C=O) groups is 1. The first-order chi connectivity index (χ1) is 10.7. The third-order valence-corrected chi connectivity index (χ3v) is 4.98. The maximum Gasteiger partial charge on any atom is 0.223 e. The molecular formula is C16H27N5O. The fourth-order valence-corrected chi connectivity index (χ4v) is 3.62. The monoisotopic (exact) mass is 305 g/mol. The van der Waals surface area contributed by atoms with Gasteiger partial charge in [-0.3, -0.25) is 4.79 Å². The lowest BCUT2D eigenvalue weighted by Crippen LogP contribution is -2.32. The van der Waals surface area contributed by atoms with Gasteiger partial charge in [-0.15, -0.1) is 10.2 Å². The second-order valence-corrected chi connectivity index (χ2v) is 6.92. The molecule has 2 atom stereocenters. The van der Waals surface area contributed by atoms with Crippen molar-refractivity contribution in [2.24, 2.45) is 17.8 Å². The highest BCUT2D eigenvalue weighted by Crippen LogP contribution is 2.47. The molecule has 2 N–H and O–H groups in total. The third-order valence-electron chi connectivity index (χ3n) is 4.98. The first-order valence-corrected chi connectivity index (χ1v) is 8.53. The van der Waals surface area contributed by atoms with E-state index in [0.29, 0.717) is 18.4 Å². The van der Waals surface area contributed by atoms with E-state index in [1.165, 1.54) is 12.8 Å². The Bertz CT molecular complexity index is 506. The van der Waals surface area contributed by atoms with Crippen molar-refractivity contribution in [1.82, 2.24) is 25.4 Å². The Morgan fingerprint density at radius 3 is 2.95 bits per heavy atom. The van der Waals surface area contributed by atoms with Crippen LogP contribution >= 0.6 is 0 Å². The molecule has 6 nitrogen and oxygen atoms in total. The largest absolute Gasteiger partial charge is 0.354 e. The van der Waals surface area contributed by atoms with Crippen molar-refractivity contribution >= 4 is 5.91 Å². The van der Waals surface area contributed by atoms with E-state index in [9.17, 15) is 4.79 Å². The molecule has 0 unspecified atom stereocenters. The Morgan fingerprint density at radius 2 is 2.23 bits per heavy atom. The van der Waals surface area contributed by atoms with E-state index in [1.807, 2.05) is 4.57 Å². The first-order valence-electron chi connectivity index (χ1n) is 8.53. The number of rotatable bonds is 6. The molecule has 1 saturated heterocycles. The van der Waals surface area contributed by atoms with Crippen molar-refractivity contribution in [2.75, 3.05) is 19.6 Å². The van der Waals surface area contributed by atoms with Crippen LogP contribution in [0.15, 0.2) is 6.33 Å². The zero-order valence-corrected chi connectivity index (χ0v) is 13.6. The summed E-state index contributed by atoms with van der Waals surface area (Å²) in [6.07, 6.45) is 5.29. The highest BCUT2D eigenvalue weighted by atomic mass is 16.2. The highest BCUT2D eigenvalue weighted by Gasteiger charge is 2.47. The van der Waals surface area contributed by atoms with Gasteiger partial charge in [0.1, 0.15) is 12.2 Å². The molecule has 0 bridgehead atoms. The lowest BCUT2D eigenvalue weighted by atomic mass is 9.92. The molecule has 0 aromatic carbocycles. The summed E-state index contributed by atoms with van der Waals surface area (Å²) in [6, 6.07) is 0. The van der Waals surface area contributed by atoms with E-state index in [-0.39, 0.29) is 11.8 Å². The van der Waals surface area contributed by atoms with Gasteiger partial charge in [0.05, 0.1) is 0 Å². The van der Waals surface area contributed by atoms with Crippen molar-refractivity contribution in [3.63, 3.8) is 0 Å². The molecule has 2 heterocycles. The fourth-order valence-electron chi connectivity index (χ4n) is 3.62. The van der Waals surface area contributed by atoms with Crippen LogP contribution < -0.4 is 10.6 Å². The zero-order valence-electron chi connectivity index (χ0n) is 13.6. The fraction of sp³-hybridized carbons (Fsp3) is 0.812. The molecule has 0 radical (unpaired) electrons. The van der Waals surface area contributed by atoms with Gasteiger partial charge < -0.3 is 15.2 Å². The summed E-state index contributed by atoms with van der Waals surface area (Å²) in [5.41, 5.74) is 0. The number of amides is 1. The number of hydrogen-bond donors (Lipinski definition) is 2. The molecule has 1 aromatic rings. The van der Waals surface area contributed by atoms with Crippen LogP contribution in [-0.4, -0.2) is 40.3 Å². The summed E-state index contributed by atoms with van der Waals surface area (Å²) in [7, 11) is 0. The standard InChI is InChI=1S/C16H27N5O/c1-11(2)15-20-19-10-21(15)8-7-18-16(22)14-9-13(14)12-3-5-17-6-4-12/h10-14,17H,3-9H2,1-2H3,(H,18,22)/t13-,14+/m0/s1. The zero-order chi connectivity index (χ0) is 15.5. The van der Waals surface area contributed by atoms with E-state index in [4.69, 9.17) is 0 Å². The van der Waals surface area contributed by atoms with Crippen LogP contribution in [0.25, 0.3) is 0 Å². The average Bonchev–Trinajstić information content (AvgIpc) is 3.19. The molecule has 3 rings (SSSR count). The lowest BCUT2D eigenvalue weighted by Gasteiger charge is -2.22. The summed E-state index contributed by atoms with van der Waals surface area (Å²) in [6.45, 7) is 7.84. The molecule has 122 valence electrons. The lowest BCUT2D eigenvalue weighted by molar-refractivity contribution is -0.122. The Hall–Kier alpha value is -1.43. The Balaban J connectivity index is 1.41. The molecule has 22 heavy (non-hydrogen) atoms. The van der Waals surface area contributed by atoms with Crippen molar-refractivity contribution < 1.29 is 4.79 Å². The van der Waals surface area contributed by atoms with Gasteiger partial charge in [-0.25, -0.2) is 0 Å². The normalized spacial score (nSPS) is 25.4. The summed E-state index contributed by atoms with van der Waals surface area (Å²) in [4.78, 5) is 12.2. The van der Waals surface area contributed by atoms with Gasteiger partial charge in [0.15, 0.2) is 0 Å². The maximum atomic E-state index is 12.2. The molecule has 6 heteroatoms. The molecule has 2 fully saturated rings. The summed E-state index contributed by atoms with van der Waals surface area (Å²) in [5, 5.41) is 14.6. The number of carbonyl (C=O) groups excluding carboxylic acids is 1. The van der Waals surface area contributed by atoms with E-state index in [1.54, 1.807) is 6.33 Å². The van der Waals surface area contributed by atoms with E-state index in [2.05, 4.69) is 34.7 Å². The molecule has 1 saturated carbocycles. The summed E-state index contributed by atoms with van der Waals surface area (Å²) < 4.78 is 2.03. The molecule has 1 aliphatic carbocycles. The van der Waals surface area contributed by atoms with Crippen molar-refractivity contribution in [1.29, 1.82) is 0 Å². The van der Waals surface area contributed by atoms with Gasteiger partial charge in [-0.1, -0.05) is 13.8 Å². The van der Waals surface area contributed by atoms with Crippen molar-refractivity contribution in [3.8, 4) is 0 Å². The predicted octanol–water partition coefficient (Wildman–Crippen LogP) is 1.15. The maximum absolute atomic E-state index is 12.2. The third kappa shape index (κ3) is 3.48. The minimum absolute atomic E-state index is 0.239. The minimum atomic E-state index is 0.239. The van der Waals surface area contributed by atoms with Crippen LogP contribution in [0.3, 0.4) is 0 Å². The van der Waals surface area contributed by atoms with Gasteiger partial charge >= 0.3 is 0 Å². The minimum Gasteiger partial charge on any atom is -0.354 e. The van der Waals surface area contributed by atoms with Crippen LogP contribution in [0.2, 0.25) is 0 Å². The summed E-state index contributed by atoms with van der Waals surface area (Å²) >= 11 is 0. The van der Waals surface area contributed by atoms with Crippen LogP contribution in [0, 0.1) is 17.8 Å². The number of aromatic nitrogens is 3. The average molecular weight is 305 g/mol. The van der Waals surface area contributed by atoms with Gasteiger partial charge in [0.2, 0.25) is 5.91 Å². The summed E-state index contributed by atoms with van der Waals surface area (Å²) in [5.74, 6) is 3.21. The molecular weight excluding hydrogens is 278 g/mol. The molecule has 1 aliphatic heterocycles. The number of nitrogens with zero attached hydrogens (tertiary/aromatic N) is 3. The smallest absolute Gasteiger partial charge is 0.223 e. The van der Waals surface area contributed by atoms with E-state index >= 15 is 0 Å². The molecule has 2 aliphatic rings. The Labute approximate surface area is 132 Å². The second-order valence-electron chi connectivity index (χ2n) is 6.92. The number of nitrogens with one attached hydrogen (secondary N) is 2. The first kappa shape index (κ1) is 15.5. The number of piperidine rings is 1. The van der Waals surface area contributed by atoms with Gasteiger partial charge in [0.25, 0.3) is 0 Å². The van der Waals surface area contributed by atoms with Gasteiger partial charge in [-0.2, -0.15) is 0 Å². The molecule has 1 aromatic heterocycles. The van der Waals surface area contributed by atoms with E-state index < -0.39 is 0 Å². The Morgan fingerprint density at radius 1 is 1.45 bits per heavy atom. The second kappa shape index (κ2) is 6.77. The Kier molecular flexibility index (Phi) is 4.76. The van der Waals surface area contributed by atoms with Gasteiger partial charge in [0, 0.05) is 24.9 Å². The van der Waals surface area contributed by atoms with Crippen LogP contribution in [-0.2, 0) is 11.3 Å². The van der Waals surface area contributed by atoms with Crippen LogP contribution in [0.4, 0.5) is 0 Å². The molecule has 1 amide bonds. The molecule has 0 spiro atoms. The quantitative estimate of drug-likeness (QED) is 0.827. The van der Waals surface area contributed by atoms with E-state index in [0.717, 1.165) is 37.8 Å². The van der Waals surface area contributed by atoms with Crippen molar-refractivity contribution in [2.45, 2.75) is 45.6 Å². The number of hydrogen-bond acceptors (Lipinski definition) is 4. The predicted molar refractivity (Wildman–Crippen MR) is 84.3 cm³/mol.